The lowest BCUT2D eigenvalue weighted by Crippen LogP contribution is -2.43. The van der Waals surface area contributed by atoms with Crippen LogP contribution in [0.15, 0.2) is 24.3 Å². The maximum Gasteiger partial charge on any atom is 0.254 e. The topological polar surface area (TPSA) is 42.1 Å². The summed E-state index contributed by atoms with van der Waals surface area (Å²) in [5, 5.41) is 0.627. The highest BCUT2D eigenvalue weighted by atomic mass is 35.5. The van der Waals surface area contributed by atoms with E-state index < -0.39 is 0 Å². The SMILES string of the molecule is O=C(C1CO1)N1CCCC(COc2ccccc2Cl)C1. The van der Waals surface area contributed by atoms with E-state index in [0.717, 1.165) is 25.9 Å². The molecule has 0 aliphatic carbocycles. The number of carbonyl (C=O) groups is 1. The average Bonchev–Trinajstić information content (AvgIpc) is 3.31. The third-order valence-electron chi connectivity index (χ3n) is 3.75. The second-order valence-corrected chi connectivity index (χ2v) is 5.76. The third kappa shape index (κ3) is 3.25. The Hall–Kier alpha value is -1.26. The minimum Gasteiger partial charge on any atom is -0.492 e. The van der Waals surface area contributed by atoms with Crippen LogP contribution in [0, 0.1) is 5.92 Å². The number of rotatable bonds is 4. The monoisotopic (exact) mass is 295 g/mol. The first-order chi connectivity index (χ1) is 9.74. The molecule has 108 valence electrons. The first kappa shape index (κ1) is 13.7. The van der Waals surface area contributed by atoms with Crippen LogP contribution in [0.4, 0.5) is 0 Å². The van der Waals surface area contributed by atoms with Crippen LogP contribution >= 0.6 is 11.6 Å². The molecule has 2 heterocycles. The Morgan fingerprint density at radius 1 is 1.45 bits per heavy atom. The van der Waals surface area contributed by atoms with Crippen LogP contribution < -0.4 is 4.74 Å². The van der Waals surface area contributed by atoms with Crippen molar-refractivity contribution in [3.8, 4) is 5.75 Å². The molecule has 2 fully saturated rings. The molecule has 0 saturated carbocycles. The Kier molecular flexibility index (Phi) is 4.13. The van der Waals surface area contributed by atoms with Crippen LogP contribution in [0.5, 0.6) is 5.75 Å². The highest BCUT2D eigenvalue weighted by Crippen LogP contribution is 2.26. The largest absolute Gasteiger partial charge is 0.492 e. The summed E-state index contributed by atoms with van der Waals surface area (Å²) in [5.41, 5.74) is 0. The molecule has 0 aromatic heterocycles. The number of amides is 1. The standard InChI is InChI=1S/C15H18ClNO3/c16-12-5-1-2-6-13(12)19-9-11-4-3-7-17(8-11)15(18)14-10-20-14/h1-2,5-6,11,14H,3-4,7-10H2. The summed E-state index contributed by atoms with van der Waals surface area (Å²) in [7, 11) is 0. The maximum atomic E-state index is 12.0. The highest BCUT2D eigenvalue weighted by molar-refractivity contribution is 6.32. The number of hydrogen-bond acceptors (Lipinski definition) is 3. The second-order valence-electron chi connectivity index (χ2n) is 5.36. The summed E-state index contributed by atoms with van der Waals surface area (Å²) in [6.45, 7) is 2.76. The van der Waals surface area contributed by atoms with Crippen molar-refractivity contribution < 1.29 is 14.3 Å². The van der Waals surface area contributed by atoms with Gasteiger partial charge >= 0.3 is 0 Å². The number of nitrogens with zero attached hydrogens (tertiary/aromatic N) is 1. The van der Waals surface area contributed by atoms with Crippen LogP contribution in [-0.4, -0.2) is 43.2 Å². The molecule has 2 saturated heterocycles. The van der Waals surface area contributed by atoms with Crippen molar-refractivity contribution in [2.24, 2.45) is 5.92 Å². The van der Waals surface area contributed by atoms with Gasteiger partial charge in [-0.15, -0.1) is 0 Å². The van der Waals surface area contributed by atoms with E-state index in [1.165, 1.54) is 0 Å². The van der Waals surface area contributed by atoms with E-state index >= 15 is 0 Å². The number of ether oxygens (including phenoxy) is 2. The van der Waals surface area contributed by atoms with Crippen molar-refractivity contribution in [1.29, 1.82) is 0 Å². The normalized spacial score (nSPS) is 25.4. The lowest BCUT2D eigenvalue weighted by molar-refractivity contribution is -0.134. The number of carbonyl (C=O) groups excluding carboxylic acids is 1. The van der Waals surface area contributed by atoms with E-state index in [1.54, 1.807) is 0 Å². The van der Waals surface area contributed by atoms with Crippen molar-refractivity contribution >= 4 is 17.5 Å². The molecule has 0 radical (unpaired) electrons. The lowest BCUT2D eigenvalue weighted by atomic mass is 9.98. The van der Waals surface area contributed by atoms with Crippen molar-refractivity contribution in [2.45, 2.75) is 18.9 Å². The molecule has 5 heteroatoms. The maximum absolute atomic E-state index is 12.0. The summed E-state index contributed by atoms with van der Waals surface area (Å²) in [5.74, 6) is 1.21. The summed E-state index contributed by atoms with van der Waals surface area (Å²) in [6.07, 6.45) is 1.92. The van der Waals surface area contributed by atoms with E-state index in [9.17, 15) is 4.79 Å². The summed E-state index contributed by atoms with van der Waals surface area (Å²) in [6, 6.07) is 7.47. The molecule has 2 aliphatic rings. The van der Waals surface area contributed by atoms with Crippen LogP contribution in [-0.2, 0) is 9.53 Å². The Balaban J connectivity index is 1.52. The zero-order valence-electron chi connectivity index (χ0n) is 11.3. The van der Waals surface area contributed by atoms with Gasteiger partial charge in [0.2, 0.25) is 0 Å². The quantitative estimate of drug-likeness (QED) is 0.801. The molecule has 0 N–H and O–H groups in total. The molecule has 1 aromatic rings. The van der Waals surface area contributed by atoms with Gasteiger partial charge in [-0.05, 0) is 25.0 Å². The zero-order chi connectivity index (χ0) is 13.9. The van der Waals surface area contributed by atoms with Crippen molar-refractivity contribution in [2.75, 3.05) is 26.3 Å². The van der Waals surface area contributed by atoms with Gasteiger partial charge in [0.25, 0.3) is 5.91 Å². The molecular formula is C15H18ClNO3. The smallest absolute Gasteiger partial charge is 0.254 e. The van der Waals surface area contributed by atoms with E-state index in [-0.39, 0.29) is 12.0 Å². The number of likely N-dealkylation sites (tertiary alicyclic amines) is 1. The molecule has 3 rings (SSSR count). The molecule has 4 nitrogen and oxygen atoms in total. The fourth-order valence-electron chi connectivity index (χ4n) is 2.57. The fourth-order valence-corrected chi connectivity index (χ4v) is 2.76. The Morgan fingerprint density at radius 2 is 2.25 bits per heavy atom. The van der Waals surface area contributed by atoms with E-state index in [4.69, 9.17) is 21.1 Å². The molecule has 0 spiro atoms. The van der Waals surface area contributed by atoms with Crippen molar-refractivity contribution in [1.82, 2.24) is 4.90 Å². The zero-order valence-corrected chi connectivity index (χ0v) is 12.0. The molecular weight excluding hydrogens is 278 g/mol. The number of piperidine rings is 1. The number of halogens is 1. The Morgan fingerprint density at radius 3 is 3.00 bits per heavy atom. The van der Waals surface area contributed by atoms with Crippen LogP contribution in [0.25, 0.3) is 0 Å². The summed E-state index contributed by atoms with van der Waals surface area (Å²) in [4.78, 5) is 13.9. The van der Waals surface area contributed by atoms with Crippen LogP contribution in [0.3, 0.4) is 0 Å². The fraction of sp³-hybridized carbons (Fsp3) is 0.533. The second kappa shape index (κ2) is 6.02. The summed E-state index contributed by atoms with van der Waals surface area (Å²) >= 11 is 6.06. The first-order valence-corrected chi connectivity index (χ1v) is 7.39. The average molecular weight is 296 g/mol. The van der Waals surface area contributed by atoms with Gasteiger partial charge in [-0.2, -0.15) is 0 Å². The van der Waals surface area contributed by atoms with Gasteiger partial charge in [0.15, 0.2) is 6.10 Å². The molecule has 2 aliphatic heterocycles. The third-order valence-corrected chi connectivity index (χ3v) is 4.06. The van der Waals surface area contributed by atoms with Gasteiger partial charge in [-0.1, -0.05) is 23.7 Å². The number of benzene rings is 1. The van der Waals surface area contributed by atoms with Gasteiger partial charge in [-0.25, -0.2) is 0 Å². The number of para-hydroxylation sites is 1. The molecule has 1 amide bonds. The molecule has 0 bridgehead atoms. The lowest BCUT2D eigenvalue weighted by Gasteiger charge is -2.32. The molecule has 2 unspecified atom stereocenters. The minimum atomic E-state index is -0.182. The predicted molar refractivity (Wildman–Crippen MR) is 76.0 cm³/mol. The van der Waals surface area contributed by atoms with Crippen LogP contribution in [0.2, 0.25) is 5.02 Å². The molecule has 2 atom stereocenters. The van der Waals surface area contributed by atoms with Crippen LogP contribution in [0.1, 0.15) is 12.8 Å². The summed E-state index contributed by atoms with van der Waals surface area (Å²) < 4.78 is 10.8. The first-order valence-electron chi connectivity index (χ1n) is 7.02. The van der Waals surface area contributed by atoms with Crippen molar-refractivity contribution in [3.05, 3.63) is 29.3 Å². The van der Waals surface area contributed by atoms with E-state index in [2.05, 4.69) is 0 Å². The predicted octanol–water partition coefficient (Wildman–Crippen LogP) is 2.36. The Bertz CT molecular complexity index is 490. The van der Waals surface area contributed by atoms with Crippen molar-refractivity contribution in [3.63, 3.8) is 0 Å². The van der Waals surface area contributed by atoms with Gasteiger partial charge in [0.1, 0.15) is 5.75 Å². The van der Waals surface area contributed by atoms with E-state index in [0.29, 0.717) is 29.9 Å². The van der Waals surface area contributed by atoms with E-state index in [1.807, 2.05) is 29.2 Å². The number of epoxide rings is 1. The van der Waals surface area contributed by atoms with Gasteiger partial charge in [0, 0.05) is 19.0 Å². The highest BCUT2D eigenvalue weighted by Gasteiger charge is 2.36. The number of hydrogen-bond donors (Lipinski definition) is 0. The van der Waals surface area contributed by atoms with Gasteiger partial charge in [-0.3, -0.25) is 4.79 Å². The van der Waals surface area contributed by atoms with Gasteiger partial charge < -0.3 is 14.4 Å². The molecule has 20 heavy (non-hydrogen) atoms. The minimum absolute atomic E-state index is 0.132. The van der Waals surface area contributed by atoms with Gasteiger partial charge in [0.05, 0.1) is 18.2 Å². The Labute approximate surface area is 123 Å². The molecule has 1 aromatic carbocycles.